The number of methoxy groups -OCH3 is 1. The number of nitrogens with zero attached hydrogens (tertiary/aromatic N) is 2. The summed E-state index contributed by atoms with van der Waals surface area (Å²) in [4.78, 5) is 12.1. The molecule has 2 aromatic carbocycles. The number of rotatable bonds is 7. The van der Waals surface area contributed by atoms with Crippen LogP contribution in [0.15, 0.2) is 53.6 Å². The molecule has 0 unspecified atom stereocenters. The second-order valence-electron chi connectivity index (χ2n) is 7.14. The van der Waals surface area contributed by atoms with E-state index in [0.29, 0.717) is 11.5 Å². The quantitative estimate of drug-likeness (QED) is 0.472. The van der Waals surface area contributed by atoms with Crippen LogP contribution < -0.4 is 14.9 Å². The van der Waals surface area contributed by atoms with Gasteiger partial charge in [-0.1, -0.05) is 30.3 Å². The maximum Gasteiger partial charge on any atom is 0.277 e. The Morgan fingerprint density at radius 1 is 1.03 bits per heavy atom. The van der Waals surface area contributed by atoms with Crippen LogP contribution in [0.4, 0.5) is 0 Å². The number of nitrogens with one attached hydrogen (secondary N) is 1. The lowest BCUT2D eigenvalue weighted by molar-refractivity contribution is -0.123. The Balaban J connectivity index is 1.68. The van der Waals surface area contributed by atoms with Gasteiger partial charge in [-0.15, -0.1) is 0 Å². The van der Waals surface area contributed by atoms with Crippen molar-refractivity contribution in [3.05, 3.63) is 76.6 Å². The summed E-state index contributed by atoms with van der Waals surface area (Å²) in [6.45, 7) is 8.18. The predicted octanol–water partition coefficient (Wildman–Crippen LogP) is 4.25. The van der Waals surface area contributed by atoms with E-state index in [1.807, 2.05) is 19.1 Å². The van der Waals surface area contributed by atoms with E-state index < -0.39 is 0 Å². The molecule has 0 saturated carbocycles. The first kappa shape index (κ1) is 21.2. The number of aryl methyl sites for hydroxylation is 3. The molecular formula is C24H27N3O3. The van der Waals surface area contributed by atoms with Crippen LogP contribution in [0.25, 0.3) is 5.69 Å². The van der Waals surface area contributed by atoms with E-state index in [9.17, 15) is 4.79 Å². The highest BCUT2D eigenvalue weighted by Crippen LogP contribution is 2.26. The van der Waals surface area contributed by atoms with E-state index in [-0.39, 0.29) is 12.5 Å². The fraction of sp³-hybridized carbons (Fsp3) is 0.250. The summed E-state index contributed by atoms with van der Waals surface area (Å²) >= 11 is 0. The minimum absolute atomic E-state index is 0.154. The average Bonchev–Trinajstić information content (AvgIpc) is 3.00. The lowest BCUT2D eigenvalue weighted by atomic mass is 10.1. The van der Waals surface area contributed by atoms with Gasteiger partial charge in [0.1, 0.15) is 0 Å². The van der Waals surface area contributed by atoms with Gasteiger partial charge < -0.3 is 14.0 Å². The van der Waals surface area contributed by atoms with Crippen molar-refractivity contribution in [3.63, 3.8) is 0 Å². The molecule has 1 N–H and O–H groups in total. The van der Waals surface area contributed by atoms with Crippen molar-refractivity contribution in [2.45, 2.75) is 27.7 Å². The number of benzene rings is 2. The molecule has 1 heterocycles. The normalized spacial score (nSPS) is 11.0. The Morgan fingerprint density at radius 2 is 1.70 bits per heavy atom. The summed E-state index contributed by atoms with van der Waals surface area (Å²) in [5.74, 6) is 0.740. The van der Waals surface area contributed by atoms with Gasteiger partial charge in [-0.3, -0.25) is 4.79 Å². The molecule has 6 nitrogen and oxygen atoms in total. The number of hydrazone groups is 1. The van der Waals surface area contributed by atoms with Gasteiger partial charge in [-0.2, -0.15) is 5.10 Å². The van der Waals surface area contributed by atoms with E-state index in [0.717, 1.165) is 17.0 Å². The second-order valence-corrected chi connectivity index (χ2v) is 7.14. The van der Waals surface area contributed by atoms with Gasteiger partial charge in [0.15, 0.2) is 18.1 Å². The van der Waals surface area contributed by atoms with Crippen molar-refractivity contribution in [1.82, 2.24) is 9.99 Å². The fourth-order valence-electron chi connectivity index (χ4n) is 3.51. The Kier molecular flexibility index (Phi) is 6.57. The van der Waals surface area contributed by atoms with Gasteiger partial charge in [0.2, 0.25) is 0 Å². The summed E-state index contributed by atoms with van der Waals surface area (Å²) in [7, 11) is 1.56. The Hall–Kier alpha value is -3.54. The molecule has 0 aliphatic carbocycles. The average molecular weight is 405 g/mol. The molecule has 0 aliphatic rings. The van der Waals surface area contributed by atoms with Crippen LogP contribution in [0.2, 0.25) is 0 Å². The number of amides is 1. The van der Waals surface area contributed by atoms with Crippen molar-refractivity contribution in [1.29, 1.82) is 0 Å². The van der Waals surface area contributed by atoms with Crippen LogP contribution in [0, 0.1) is 27.7 Å². The molecule has 0 aliphatic heterocycles. The Labute approximate surface area is 177 Å². The summed E-state index contributed by atoms with van der Waals surface area (Å²) in [5.41, 5.74) is 9.23. The molecule has 0 fully saturated rings. The molecule has 6 heteroatoms. The monoisotopic (exact) mass is 405 g/mol. The second kappa shape index (κ2) is 9.31. The molecule has 0 bridgehead atoms. The molecule has 1 amide bonds. The summed E-state index contributed by atoms with van der Waals surface area (Å²) < 4.78 is 12.9. The van der Waals surface area contributed by atoms with E-state index >= 15 is 0 Å². The number of carbonyl (C=O) groups excluding carboxylic acids is 1. The highest BCUT2D eigenvalue weighted by Gasteiger charge is 2.13. The predicted molar refractivity (Wildman–Crippen MR) is 119 cm³/mol. The van der Waals surface area contributed by atoms with Gasteiger partial charge in [0.25, 0.3) is 5.91 Å². The molecule has 3 aromatic rings. The zero-order valence-electron chi connectivity index (χ0n) is 18.0. The zero-order chi connectivity index (χ0) is 21.7. The molecule has 3 rings (SSSR count). The molecule has 0 radical (unpaired) electrons. The molecule has 156 valence electrons. The Bertz CT molecular complexity index is 1060. The van der Waals surface area contributed by atoms with Crippen LogP contribution in [-0.2, 0) is 4.79 Å². The third-order valence-corrected chi connectivity index (χ3v) is 4.95. The number of aromatic nitrogens is 1. The van der Waals surface area contributed by atoms with Gasteiger partial charge in [-0.05, 0) is 57.0 Å². The van der Waals surface area contributed by atoms with Crippen LogP contribution >= 0.6 is 0 Å². The van der Waals surface area contributed by atoms with Crippen molar-refractivity contribution >= 4 is 12.1 Å². The number of carbonyl (C=O) groups is 1. The lowest BCUT2D eigenvalue weighted by Gasteiger charge is -2.15. The van der Waals surface area contributed by atoms with Gasteiger partial charge >= 0.3 is 0 Å². The van der Waals surface area contributed by atoms with Gasteiger partial charge in [0.05, 0.1) is 19.0 Å². The standard InChI is InChI=1S/C24H27N3O3/c1-16-9-8-10-17(2)24(16)27-18(3)13-20(19(27)4)14-25-26-23(28)15-30-22-12-7-6-11-21(22)29-5/h6-14H,15H2,1-5H3,(H,26,28)/b25-14-. The van der Waals surface area contributed by atoms with Crippen molar-refractivity contribution in [2.75, 3.05) is 13.7 Å². The van der Waals surface area contributed by atoms with Crippen LogP contribution in [0.1, 0.15) is 28.1 Å². The maximum atomic E-state index is 12.1. The smallest absolute Gasteiger partial charge is 0.277 e. The third kappa shape index (κ3) is 4.54. The molecule has 0 spiro atoms. The van der Waals surface area contributed by atoms with Crippen molar-refractivity contribution in [2.24, 2.45) is 5.10 Å². The van der Waals surface area contributed by atoms with E-state index in [4.69, 9.17) is 9.47 Å². The Morgan fingerprint density at radius 3 is 2.37 bits per heavy atom. The van der Waals surface area contributed by atoms with Crippen molar-refractivity contribution in [3.8, 4) is 17.2 Å². The summed E-state index contributed by atoms with van der Waals surface area (Å²) in [6, 6.07) is 15.5. The third-order valence-electron chi connectivity index (χ3n) is 4.95. The zero-order valence-corrected chi connectivity index (χ0v) is 18.0. The minimum Gasteiger partial charge on any atom is -0.493 e. The number of hydrogen-bond donors (Lipinski definition) is 1. The van der Waals surface area contributed by atoms with Gasteiger partial charge in [0, 0.05) is 17.0 Å². The largest absolute Gasteiger partial charge is 0.493 e. The lowest BCUT2D eigenvalue weighted by Crippen LogP contribution is -2.24. The highest BCUT2D eigenvalue weighted by molar-refractivity contribution is 5.84. The van der Waals surface area contributed by atoms with Crippen LogP contribution in [0.3, 0.4) is 0 Å². The highest BCUT2D eigenvalue weighted by atomic mass is 16.5. The van der Waals surface area contributed by atoms with Crippen molar-refractivity contribution < 1.29 is 14.3 Å². The summed E-state index contributed by atoms with van der Waals surface area (Å²) in [5, 5.41) is 4.10. The number of para-hydroxylation sites is 3. The molecule has 30 heavy (non-hydrogen) atoms. The molecule has 0 saturated heterocycles. The van der Waals surface area contributed by atoms with E-state index in [1.54, 1.807) is 25.5 Å². The van der Waals surface area contributed by atoms with E-state index in [1.165, 1.54) is 16.8 Å². The van der Waals surface area contributed by atoms with Crippen LogP contribution in [0.5, 0.6) is 11.5 Å². The SMILES string of the molecule is COc1ccccc1OCC(=O)N/N=C\c1cc(C)n(-c2c(C)cccc2C)c1C. The summed E-state index contributed by atoms with van der Waals surface area (Å²) in [6.07, 6.45) is 1.66. The molecule has 1 aromatic heterocycles. The first-order chi connectivity index (χ1) is 14.4. The number of ether oxygens (including phenoxy) is 2. The minimum atomic E-state index is -0.347. The first-order valence-electron chi connectivity index (χ1n) is 9.75. The van der Waals surface area contributed by atoms with E-state index in [2.05, 4.69) is 60.1 Å². The maximum absolute atomic E-state index is 12.1. The fourth-order valence-corrected chi connectivity index (χ4v) is 3.51. The molecular weight excluding hydrogens is 378 g/mol. The molecule has 0 atom stereocenters. The van der Waals surface area contributed by atoms with Crippen LogP contribution in [-0.4, -0.2) is 30.4 Å². The number of hydrogen-bond acceptors (Lipinski definition) is 4. The first-order valence-corrected chi connectivity index (χ1v) is 9.75. The van der Waals surface area contributed by atoms with Gasteiger partial charge in [-0.25, -0.2) is 5.43 Å². The topological polar surface area (TPSA) is 64.8 Å².